The summed E-state index contributed by atoms with van der Waals surface area (Å²) in [6.07, 6.45) is 1.51. The first kappa shape index (κ1) is 12.9. The molecule has 0 aliphatic rings. The van der Waals surface area contributed by atoms with Crippen molar-refractivity contribution in [3.05, 3.63) is 35.4 Å². The summed E-state index contributed by atoms with van der Waals surface area (Å²) in [6, 6.07) is 8.22. The van der Waals surface area contributed by atoms with Crippen LogP contribution in [0.2, 0.25) is 0 Å². The van der Waals surface area contributed by atoms with Crippen molar-refractivity contribution in [3.8, 4) is 0 Å². The van der Waals surface area contributed by atoms with E-state index in [1.54, 1.807) is 0 Å². The molecule has 0 heterocycles. The largest absolute Gasteiger partial charge is 0.329 e. The van der Waals surface area contributed by atoms with Crippen molar-refractivity contribution in [3.63, 3.8) is 0 Å². The van der Waals surface area contributed by atoms with E-state index in [0.717, 1.165) is 12.0 Å². The Balaban J connectivity index is 2.70. The summed E-state index contributed by atoms with van der Waals surface area (Å²) in [7, 11) is 0. The fraction of sp³-hybridized carbons (Fsp3) is 0.500. The van der Waals surface area contributed by atoms with Crippen LogP contribution in [-0.2, 0) is 17.6 Å². The van der Waals surface area contributed by atoms with Gasteiger partial charge in [-0.1, -0.05) is 45.0 Å². The smallest absolute Gasteiger partial charge is 0.144 e. The lowest BCUT2D eigenvalue weighted by atomic mass is 9.85. The third-order valence-corrected chi connectivity index (χ3v) is 3.06. The van der Waals surface area contributed by atoms with E-state index in [1.807, 2.05) is 26.0 Å². The van der Waals surface area contributed by atoms with E-state index in [-0.39, 0.29) is 5.78 Å². The molecule has 0 spiro atoms. The summed E-state index contributed by atoms with van der Waals surface area (Å²) in [4.78, 5) is 11.9. The number of ketones is 1. The Kier molecular flexibility index (Phi) is 4.25. The summed E-state index contributed by atoms with van der Waals surface area (Å²) >= 11 is 0. The topological polar surface area (TPSA) is 43.1 Å². The molecular weight excluding hydrogens is 198 g/mol. The Morgan fingerprint density at radius 2 is 1.69 bits per heavy atom. The van der Waals surface area contributed by atoms with E-state index >= 15 is 0 Å². The van der Waals surface area contributed by atoms with Gasteiger partial charge in [0.25, 0.3) is 0 Å². The molecule has 0 atom stereocenters. The normalized spacial score (nSPS) is 11.5. The van der Waals surface area contributed by atoms with E-state index in [9.17, 15) is 4.79 Å². The summed E-state index contributed by atoms with van der Waals surface area (Å²) in [5.74, 6) is 0.208. The standard InChI is InChI=1S/C14H21NO/c1-4-11-5-7-12(8-6-11)9-13(16)14(2,3)10-15/h5-8H,4,9-10,15H2,1-3H3. The zero-order valence-electron chi connectivity index (χ0n) is 10.4. The highest BCUT2D eigenvalue weighted by Crippen LogP contribution is 2.17. The number of aryl methyl sites for hydroxylation is 1. The zero-order valence-corrected chi connectivity index (χ0v) is 10.4. The molecule has 0 unspecified atom stereocenters. The van der Waals surface area contributed by atoms with Crippen LogP contribution in [-0.4, -0.2) is 12.3 Å². The quantitative estimate of drug-likeness (QED) is 0.826. The first-order valence-corrected chi connectivity index (χ1v) is 5.81. The van der Waals surface area contributed by atoms with Crippen molar-refractivity contribution >= 4 is 5.78 Å². The van der Waals surface area contributed by atoms with Crippen LogP contribution in [0.3, 0.4) is 0 Å². The fourth-order valence-electron chi connectivity index (χ4n) is 1.43. The lowest BCUT2D eigenvalue weighted by Crippen LogP contribution is -2.33. The number of nitrogens with two attached hydrogens (primary N) is 1. The van der Waals surface area contributed by atoms with E-state index < -0.39 is 5.41 Å². The Labute approximate surface area is 97.9 Å². The van der Waals surface area contributed by atoms with Gasteiger partial charge >= 0.3 is 0 Å². The van der Waals surface area contributed by atoms with Crippen molar-refractivity contribution in [2.75, 3.05) is 6.54 Å². The van der Waals surface area contributed by atoms with Crippen LogP contribution < -0.4 is 5.73 Å². The third kappa shape index (κ3) is 3.17. The van der Waals surface area contributed by atoms with Gasteiger partial charge in [-0.25, -0.2) is 0 Å². The first-order valence-electron chi connectivity index (χ1n) is 5.81. The summed E-state index contributed by atoms with van der Waals surface area (Å²) < 4.78 is 0. The predicted octanol–water partition coefficient (Wildman–Crippen LogP) is 2.35. The monoisotopic (exact) mass is 219 g/mol. The number of carbonyl (C=O) groups is 1. The van der Waals surface area contributed by atoms with Crippen LogP contribution >= 0.6 is 0 Å². The van der Waals surface area contributed by atoms with Crippen molar-refractivity contribution < 1.29 is 4.79 Å². The second kappa shape index (κ2) is 5.26. The van der Waals surface area contributed by atoms with Crippen LogP contribution in [0.15, 0.2) is 24.3 Å². The molecule has 0 saturated carbocycles. The van der Waals surface area contributed by atoms with Crippen molar-refractivity contribution in [1.29, 1.82) is 0 Å². The minimum atomic E-state index is -0.413. The Morgan fingerprint density at radius 1 is 1.19 bits per heavy atom. The van der Waals surface area contributed by atoms with Crippen LogP contribution in [0.5, 0.6) is 0 Å². The summed E-state index contributed by atoms with van der Waals surface area (Å²) in [5.41, 5.74) is 7.55. The highest BCUT2D eigenvalue weighted by atomic mass is 16.1. The average molecular weight is 219 g/mol. The number of rotatable bonds is 5. The second-order valence-corrected chi connectivity index (χ2v) is 4.86. The maximum Gasteiger partial charge on any atom is 0.144 e. The Hall–Kier alpha value is -1.15. The van der Waals surface area contributed by atoms with Gasteiger partial charge in [0.15, 0.2) is 0 Å². The molecule has 88 valence electrons. The number of Topliss-reactive ketones (excluding diaryl/α,β-unsaturated/α-hetero) is 1. The fourth-order valence-corrected chi connectivity index (χ4v) is 1.43. The van der Waals surface area contributed by atoms with Gasteiger partial charge < -0.3 is 5.73 Å². The maximum absolute atomic E-state index is 11.9. The Bertz CT molecular complexity index is 352. The van der Waals surface area contributed by atoms with Gasteiger partial charge in [-0.15, -0.1) is 0 Å². The highest BCUT2D eigenvalue weighted by Gasteiger charge is 2.25. The predicted molar refractivity (Wildman–Crippen MR) is 67.4 cm³/mol. The zero-order chi connectivity index (χ0) is 12.2. The van der Waals surface area contributed by atoms with E-state index in [1.165, 1.54) is 5.56 Å². The molecule has 16 heavy (non-hydrogen) atoms. The van der Waals surface area contributed by atoms with E-state index in [4.69, 9.17) is 5.73 Å². The molecule has 2 N–H and O–H groups in total. The minimum Gasteiger partial charge on any atom is -0.329 e. The molecule has 0 radical (unpaired) electrons. The molecule has 0 bridgehead atoms. The van der Waals surface area contributed by atoms with Gasteiger partial charge in [-0.05, 0) is 17.5 Å². The lowest BCUT2D eigenvalue weighted by Gasteiger charge is -2.20. The molecule has 2 heteroatoms. The summed E-state index contributed by atoms with van der Waals surface area (Å²) in [6.45, 7) is 6.32. The van der Waals surface area contributed by atoms with Crippen molar-refractivity contribution in [2.24, 2.45) is 11.1 Å². The highest BCUT2D eigenvalue weighted by molar-refractivity contribution is 5.86. The van der Waals surface area contributed by atoms with E-state index in [0.29, 0.717) is 13.0 Å². The number of hydrogen-bond acceptors (Lipinski definition) is 2. The van der Waals surface area contributed by atoms with Gasteiger partial charge in [-0.3, -0.25) is 4.79 Å². The SMILES string of the molecule is CCc1ccc(CC(=O)C(C)(C)CN)cc1. The molecule has 0 saturated heterocycles. The number of benzene rings is 1. The lowest BCUT2D eigenvalue weighted by molar-refractivity contribution is -0.125. The molecule has 0 amide bonds. The molecule has 2 nitrogen and oxygen atoms in total. The van der Waals surface area contributed by atoms with Crippen LogP contribution in [0, 0.1) is 5.41 Å². The van der Waals surface area contributed by atoms with Crippen molar-refractivity contribution in [1.82, 2.24) is 0 Å². The summed E-state index contributed by atoms with van der Waals surface area (Å²) in [5, 5.41) is 0. The van der Waals surface area contributed by atoms with Crippen LogP contribution in [0.4, 0.5) is 0 Å². The average Bonchev–Trinajstić information content (AvgIpc) is 2.30. The molecule has 0 aliphatic carbocycles. The molecule has 0 aromatic heterocycles. The number of hydrogen-bond donors (Lipinski definition) is 1. The molecule has 0 aliphatic heterocycles. The van der Waals surface area contributed by atoms with E-state index in [2.05, 4.69) is 19.1 Å². The second-order valence-electron chi connectivity index (χ2n) is 4.86. The van der Waals surface area contributed by atoms with Gasteiger partial charge in [0, 0.05) is 18.4 Å². The number of carbonyl (C=O) groups excluding carboxylic acids is 1. The molecular formula is C14H21NO. The van der Waals surface area contributed by atoms with Crippen molar-refractivity contribution in [2.45, 2.75) is 33.6 Å². The van der Waals surface area contributed by atoms with Gasteiger partial charge in [0.05, 0.1) is 0 Å². The van der Waals surface area contributed by atoms with Crippen LogP contribution in [0.1, 0.15) is 31.9 Å². The third-order valence-electron chi connectivity index (χ3n) is 3.06. The van der Waals surface area contributed by atoms with Gasteiger partial charge in [0.2, 0.25) is 0 Å². The molecule has 1 rings (SSSR count). The van der Waals surface area contributed by atoms with Gasteiger partial charge in [0.1, 0.15) is 5.78 Å². The molecule has 1 aromatic rings. The molecule has 0 fully saturated rings. The first-order chi connectivity index (χ1) is 7.49. The van der Waals surface area contributed by atoms with Crippen LogP contribution in [0.25, 0.3) is 0 Å². The minimum absolute atomic E-state index is 0.208. The molecule has 1 aromatic carbocycles. The van der Waals surface area contributed by atoms with Gasteiger partial charge in [-0.2, -0.15) is 0 Å². The maximum atomic E-state index is 11.9. The Morgan fingerprint density at radius 3 is 2.12 bits per heavy atom.